The highest BCUT2D eigenvalue weighted by atomic mass is 32.1. The van der Waals surface area contributed by atoms with Crippen LogP contribution in [0.2, 0.25) is 0 Å². The highest BCUT2D eigenvalue weighted by Gasteiger charge is 2.18. The van der Waals surface area contributed by atoms with Crippen LogP contribution in [0.5, 0.6) is 0 Å². The van der Waals surface area contributed by atoms with Crippen LogP contribution in [-0.4, -0.2) is 37.2 Å². The summed E-state index contributed by atoms with van der Waals surface area (Å²) in [4.78, 5) is 22.0. The monoisotopic (exact) mass is 382 g/mol. The summed E-state index contributed by atoms with van der Waals surface area (Å²) in [7, 11) is 0. The van der Waals surface area contributed by atoms with Crippen LogP contribution in [0.3, 0.4) is 0 Å². The van der Waals surface area contributed by atoms with Gasteiger partial charge in [-0.3, -0.25) is 9.78 Å². The molecule has 3 aromatic rings. The first-order chi connectivity index (χ1) is 13.2. The number of rotatable bonds is 5. The summed E-state index contributed by atoms with van der Waals surface area (Å²) in [5.74, 6) is 1.94. The number of pyridine rings is 1. The Kier molecular flexibility index (Phi) is 5.24. The van der Waals surface area contributed by atoms with Crippen molar-refractivity contribution in [3.05, 3.63) is 46.6 Å². The number of nitrogens with one attached hydrogen (secondary N) is 1. The molecule has 1 N–H and O–H groups in total. The minimum atomic E-state index is -0.0946. The summed E-state index contributed by atoms with van der Waals surface area (Å²) in [6.07, 6.45) is 6.99. The topological polar surface area (TPSA) is 85.6 Å². The molecule has 0 bridgehead atoms. The Bertz CT molecular complexity index is 933. The van der Waals surface area contributed by atoms with Gasteiger partial charge in [0, 0.05) is 32.1 Å². The molecule has 1 aliphatic heterocycles. The van der Waals surface area contributed by atoms with Crippen molar-refractivity contribution < 1.29 is 4.79 Å². The van der Waals surface area contributed by atoms with Crippen LogP contribution in [0.1, 0.15) is 46.3 Å². The molecular weight excluding hydrogens is 360 g/mol. The molecule has 0 atom stereocenters. The van der Waals surface area contributed by atoms with Gasteiger partial charge < -0.3 is 9.88 Å². The summed E-state index contributed by atoms with van der Waals surface area (Å²) < 4.78 is 2.22. The summed E-state index contributed by atoms with van der Waals surface area (Å²) in [6, 6.07) is 5.68. The van der Waals surface area contributed by atoms with E-state index in [2.05, 4.69) is 30.0 Å². The minimum absolute atomic E-state index is 0.0946. The van der Waals surface area contributed by atoms with E-state index in [0.29, 0.717) is 17.8 Å². The van der Waals surface area contributed by atoms with Crippen LogP contribution in [-0.2, 0) is 19.4 Å². The molecule has 0 fully saturated rings. The molecule has 0 aromatic carbocycles. The van der Waals surface area contributed by atoms with Crippen LogP contribution >= 0.6 is 11.3 Å². The first-order valence-corrected chi connectivity index (χ1v) is 10.1. The van der Waals surface area contributed by atoms with Gasteiger partial charge in [0.15, 0.2) is 0 Å². The van der Waals surface area contributed by atoms with Gasteiger partial charge in [-0.2, -0.15) is 0 Å². The third-order valence-corrected chi connectivity index (χ3v) is 5.89. The number of hydrogen-bond donors (Lipinski definition) is 1. The maximum Gasteiger partial charge on any atom is 0.263 e. The Hall–Kier alpha value is -2.61. The van der Waals surface area contributed by atoms with Crippen molar-refractivity contribution in [2.24, 2.45) is 0 Å². The summed E-state index contributed by atoms with van der Waals surface area (Å²) in [5.41, 5.74) is 1.52. The van der Waals surface area contributed by atoms with E-state index in [4.69, 9.17) is 0 Å². The van der Waals surface area contributed by atoms with Crippen molar-refractivity contribution in [2.45, 2.75) is 45.6 Å². The van der Waals surface area contributed by atoms with E-state index in [0.717, 1.165) is 41.0 Å². The molecule has 27 heavy (non-hydrogen) atoms. The first kappa shape index (κ1) is 17.8. The molecule has 0 unspecified atom stereocenters. The van der Waals surface area contributed by atoms with Gasteiger partial charge in [-0.1, -0.05) is 12.5 Å². The van der Waals surface area contributed by atoms with E-state index >= 15 is 0 Å². The molecule has 0 radical (unpaired) electrons. The number of fused-ring (bicyclic) bond motifs is 1. The van der Waals surface area contributed by atoms with E-state index in [1.807, 2.05) is 25.1 Å². The van der Waals surface area contributed by atoms with Gasteiger partial charge in [-0.25, -0.2) is 4.98 Å². The Balaban J connectivity index is 1.39. The molecule has 1 amide bonds. The van der Waals surface area contributed by atoms with Crippen molar-refractivity contribution in [1.29, 1.82) is 0 Å². The number of carbonyl (C=O) groups is 1. The zero-order valence-electron chi connectivity index (χ0n) is 15.3. The number of amides is 1. The van der Waals surface area contributed by atoms with Crippen molar-refractivity contribution in [1.82, 2.24) is 30.0 Å². The van der Waals surface area contributed by atoms with Gasteiger partial charge in [0.2, 0.25) is 0 Å². The Morgan fingerprint density at radius 2 is 2.19 bits per heavy atom. The normalized spacial score (nSPS) is 13.8. The summed E-state index contributed by atoms with van der Waals surface area (Å²) in [6.45, 7) is 3.37. The zero-order chi connectivity index (χ0) is 18.6. The van der Waals surface area contributed by atoms with Gasteiger partial charge in [0.25, 0.3) is 5.91 Å². The van der Waals surface area contributed by atoms with Crippen LogP contribution in [0, 0.1) is 6.92 Å². The van der Waals surface area contributed by atoms with Crippen LogP contribution in [0.4, 0.5) is 0 Å². The van der Waals surface area contributed by atoms with E-state index in [1.165, 1.54) is 30.6 Å². The first-order valence-electron chi connectivity index (χ1n) is 9.30. The van der Waals surface area contributed by atoms with Gasteiger partial charge in [0.1, 0.15) is 21.5 Å². The quantitative estimate of drug-likeness (QED) is 0.733. The van der Waals surface area contributed by atoms with Crippen LogP contribution in [0.15, 0.2) is 24.4 Å². The molecule has 1 aliphatic rings. The predicted octanol–water partition coefficient (Wildman–Crippen LogP) is 2.80. The fourth-order valence-electron chi connectivity index (χ4n) is 3.30. The molecule has 0 saturated carbocycles. The van der Waals surface area contributed by atoms with Crippen molar-refractivity contribution in [3.8, 4) is 10.7 Å². The molecule has 140 valence electrons. The third kappa shape index (κ3) is 3.90. The number of aryl methyl sites for hydroxylation is 2. The lowest BCUT2D eigenvalue weighted by Gasteiger charge is -2.07. The largest absolute Gasteiger partial charge is 0.351 e. The molecule has 4 heterocycles. The Morgan fingerprint density at radius 3 is 3.04 bits per heavy atom. The highest BCUT2D eigenvalue weighted by molar-refractivity contribution is 7.17. The summed E-state index contributed by atoms with van der Waals surface area (Å²) >= 11 is 1.38. The second kappa shape index (κ2) is 7.96. The molecule has 0 saturated heterocycles. The summed E-state index contributed by atoms with van der Waals surface area (Å²) in [5, 5.41) is 12.4. The van der Waals surface area contributed by atoms with Gasteiger partial charge in [0.05, 0.1) is 11.4 Å². The molecule has 0 aliphatic carbocycles. The average molecular weight is 382 g/mol. The second-order valence-corrected chi connectivity index (χ2v) is 7.65. The minimum Gasteiger partial charge on any atom is -0.351 e. The molecule has 8 heteroatoms. The van der Waals surface area contributed by atoms with E-state index in [1.54, 1.807) is 6.20 Å². The molecule has 7 nitrogen and oxygen atoms in total. The SMILES string of the molecule is Cc1nc(-c2ccccn2)sc1C(=O)NCCc1nnc2n1CCCCC2. The van der Waals surface area contributed by atoms with Crippen LogP contribution in [0.25, 0.3) is 10.7 Å². The predicted molar refractivity (Wildman–Crippen MR) is 104 cm³/mol. The fourth-order valence-corrected chi connectivity index (χ4v) is 4.26. The van der Waals surface area contributed by atoms with Crippen molar-refractivity contribution in [3.63, 3.8) is 0 Å². The molecular formula is C19H22N6OS. The number of carbonyl (C=O) groups excluding carboxylic acids is 1. The van der Waals surface area contributed by atoms with E-state index in [-0.39, 0.29) is 5.91 Å². The maximum atomic E-state index is 12.6. The molecule has 4 rings (SSSR count). The van der Waals surface area contributed by atoms with Crippen LogP contribution < -0.4 is 5.32 Å². The van der Waals surface area contributed by atoms with E-state index in [9.17, 15) is 4.79 Å². The van der Waals surface area contributed by atoms with Gasteiger partial charge >= 0.3 is 0 Å². The Morgan fingerprint density at radius 1 is 1.26 bits per heavy atom. The number of thiazole rings is 1. The molecule has 0 spiro atoms. The fraction of sp³-hybridized carbons (Fsp3) is 0.421. The zero-order valence-corrected chi connectivity index (χ0v) is 16.1. The lowest BCUT2D eigenvalue weighted by atomic mass is 10.2. The van der Waals surface area contributed by atoms with Crippen molar-refractivity contribution >= 4 is 17.2 Å². The average Bonchev–Trinajstić information content (AvgIpc) is 3.17. The second-order valence-electron chi connectivity index (χ2n) is 6.65. The standard InChI is InChI=1S/C19H22N6OS/c1-13-17(27-19(22-13)14-7-4-5-10-20-14)18(26)21-11-9-16-24-23-15-8-3-2-6-12-25(15)16/h4-5,7,10H,2-3,6,8-9,11-12H2,1H3,(H,21,26). The lowest BCUT2D eigenvalue weighted by Crippen LogP contribution is -2.26. The maximum absolute atomic E-state index is 12.6. The van der Waals surface area contributed by atoms with Gasteiger partial charge in [-0.15, -0.1) is 21.5 Å². The van der Waals surface area contributed by atoms with Crippen molar-refractivity contribution in [2.75, 3.05) is 6.54 Å². The third-order valence-electron chi connectivity index (χ3n) is 4.71. The van der Waals surface area contributed by atoms with Gasteiger partial charge in [-0.05, 0) is 31.9 Å². The number of nitrogens with zero attached hydrogens (tertiary/aromatic N) is 5. The smallest absolute Gasteiger partial charge is 0.263 e. The number of aromatic nitrogens is 5. The Labute approximate surface area is 161 Å². The lowest BCUT2D eigenvalue weighted by molar-refractivity contribution is 0.0957. The highest BCUT2D eigenvalue weighted by Crippen LogP contribution is 2.26. The molecule has 3 aromatic heterocycles. The van der Waals surface area contributed by atoms with E-state index < -0.39 is 0 Å². The number of hydrogen-bond acceptors (Lipinski definition) is 6.